The van der Waals surface area contributed by atoms with Crippen LogP contribution in [0.2, 0.25) is 0 Å². The summed E-state index contributed by atoms with van der Waals surface area (Å²) >= 11 is 0. The lowest BCUT2D eigenvalue weighted by molar-refractivity contribution is -0.125. The Labute approximate surface area is 206 Å². The summed E-state index contributed by atoms with van der Waals surface area (Å²) < 4.78 is 15.2. The third kappa shape index (κ3) is 5.32. The summed E-state index contributed by atoms with van der Waals surface area (Å²) in [6.45, 7) is 8.68. The summed E-state index contributed by atoms with van der Waals surface area (Å²) in [5.74, 6) is 0.956. The van der Waals surface area contributed by atoms with Gasteiger partial charge in [-0.15, -0.1) is 0 Å². The Hall–Kier alpha value is -3.00. The predicted molar refractivity (Wildman–Crippen MR) is 136 cm³/mol. The summed E-state index contributed by atoms with van der Waals surface area (Å²) in [6, 6.07) is 11.0. The number of carbonyl (C=O) groups is 1. The van der Waals surface area contributed by atoms with Gasteiger partial charge in [0.15, 0.2) is 5.65 Å². The first-order valence-corrected chi connectivity index (χ1v) is 12.9. The van der Waals surface area contributed by atoms with Gasteiger partial charge in [0.2, 0.25) is 5.91 Å². The van der Waals surface area contributed by atoms with Gasteiger partial charge < -0.3 is 10.2 Å². The minimum atomic E-state index is -0.264. The van der Waals surface area contributed by atoms with Gasteiger partial charge in [0, 0.05) is 61.5 Å². The molecule has 1 N–H and O–H groups in total. The molecule has 1 amide bonds. The van der Waals surface area contributed by atoms with E-state index in [1.165, 1.54) is 31.4 Å². The van der Waals surface area contributed by atoms with E-state index in [1.54, 1.807) is 12.1 Å². The Morgan fingerprint density at radius 3 is 2.60 bits per heavy atom. The van der Waals surface area contributed by atoms with E-state index >= 15 is 0 Å². The van der Waals surface area contributed by atoms with Crippen LogP contribution in [0.5, 0.6) is 0 Å². The van der Waals surface area contributed by atoms with E-state index in [-0.39, 0.29) is 17.6 Å². The highest BCUT2D eigenvalue weighted by molar-refractivity contribution is 5.79. The van der Waals surface area contributed by atoms with Crippen molar-refractivity contribution in [2.45, 2.75) is 52.0 Å². The normalized spacial score (nSPS) is 19.9. The average molecular weight is 479 g/mol. The zero-order chi connectivity index (χ0) is 24.4. The van der Waals surface area contributed by atoms with E-state index in [1.807, 2.05) is 17.5 Å². The number of nitrogens with zero attached hydrogens (tertiary/aromatic N) is 5. The Bertz CT molecular complexity index is 1170. The fourth-order valence-corrected chi connectivity index (χ4v) is 5.39. The number of fused-ring (bicyclic) bond motifs is 1. The molecule has 2 aliphatic heterocycles. The van der Waals surface area contributed by atoms with Crippen LogP contribution in [0.1, 0.15) is 44.7 Å². The molecule has 35 heavy (non-hydrogen) atoms. The smallest absolute Gasteiger partial charge is 0.223 e. The van der Waals surface area contributed by atoms with E-state index in [0.717, 1.165) is 74.0 Å². The molecule has 0 aliphatic carbocycles. The molecule has 1 atom stereocenters. The first kappa shape index (κ1) is 23.7. The molecule has 2 aliphatic rings. The van der Waals surface area contributed by atoms with E-state index in [0.29, 0.717) is 6.04 Å². The summed E-state index contributed by atoms with van der Waals surface area (Å²) in [4.78, 5) is 22.2. The highest BCUT2D eigenvalue weighted by Crippen LogP contribution is 2.27. The summed E-state index contributed by atoms with van der Waals surface area (Å²) in [5.41, 5.74) is 3.31. The van der Waals surface area contributed by atoms with Gasteiger partial charge in [-0.05, 0) is 70.3 Å². The average Bonchev–Trinajstić information content (AvgIpc) is 3.29. The third-order valence-corrected chi connectivity index (χ3v) is 7.51. The molecule has 2 saturated heterocycles. The number of likely N-dealkylation sites (tertiary alicyclic amines) is 1. The van der Waals surface area contributed by atoms with Crippen molar-refractivity contribution in [2.75, 3.05) is 37.6 Å². The standard InChI is InChI=1S/C27H35FN6O/c1-19-17-26(34-25(30-19)18-24(31-34)21-6-8-23(28)9-7-21)33-14-10-22(11-15-33)27(35)29-12-16-32-13-4-3-5-20(32)2/h6-9,17-18,20,22H,3-5,10-16H2,1-2H3,(H,29,35). The summed E-state index contributed by atoms with van der Waals surface area (Å²) in [6.07, 6.45) is 5.48. The fourth-order valence-electron chi connectivity index (χ4n) is 5.39. The van der Waals surface area contributed by atoms with E-state index < -0.39 is 0 Å². The first-order chi connectivity index (χ1) is 17.0. The molecule has 0 bridgehead atoms. The van der Waals surface area contributed by atoms with Gasteiger partial charge in [-0.1, -0.05) is 6.42 Å². The van der Waals surface area contributed by atoms with Crippen molar-refractivity contribution >= 4 is 17.4 Å². The number of piperidine rings is 2. The maximum atomic E-state index is 13.3. The third-order valence-electron chi connectivity index (χ3n) is 7.51. The molecule has 0 radical (unpaired) electrons. The fraction of sp³-hybridized carbons (Fsp3) is 0.519. The summed E-state index contributed by atoms with van der Waals surface area (Å²) in [5, 5.41) is 7.97. The second kappa shape index (κ2) is 10.3. The number of aryl methyl sites for hydroxylation is 1. The molecule has 2 fully saturated rings. The van der Waals surface area contributed by atoms with Crippen molar-refractivity contribution in [1.29, 1.82) is 0 Å². The number of nitrogens with one attached hydrogen (secondary N) is 1. The number of anilines is 1. The molecule has 8 heteroatoms. The van der Waals surface area contributed by atoms with Crippen LogP contribution >= 0.6 is 0 Å². The lowest BCUT2D eigenvalue weighted by atomic mass is 9.96. The molecule has 0 spiro atoms. The molecule has 2 aromatic heterocycles. The Morgan fingerprint density at radius 2 is 1.86 bits per heavy atom. The minimum absolute atomic E-state index is 0.0517. The van der Waals surface area contributed by atoms with E-state index in [9.17, 15) is 9.18 Å². The van der Waals surface area contributed by atoms with Gasteiger partial charge >= 0.3 is 0 Å². The van der Waals surface area contributed by atoms with Gasteiger partial charge in [-0.2, -0.15) is 9.61 Å². The van der Waals surface area contributed by atoms with Crippen molar-refractivity contribution in [3.05, 3.63) is 47.9 Å². The second-order valence-electron chi connectivity index (χ2n) is 10.00. The summed E-state index contributed by atoms with van der Waals surface area (Å²) in [7, 11) is 0. The van der Waals surface area contributed by atoms with Crippen LogP contribution in [0.25, 0.3) is 16.9 Å². The zero-order valence-corrected chi connectivity index (χ0v) is 20.7. The quantitative estimate of drug-likeness (QED) is 0.579. The second-order valence-corrected chi connectivity index (χ2v) is 10.00. The van der Waals surface area contributed by atoms with Crippen molar-refractivity contribution in [1.82, 2.24) is 24.8 Å². The molecule has 186 valence electrons. The molecule has 0 saturated carbocycles. The topological polar surface area (TPSA) is 65.8 Å². The zero-order valence-electron chi connectivity index (χ0n) is 20.7. The molecule has 3 aromatic rings. The molecule has 4 heterocycles. The lowest BCUT2D eigenvalue weighted by Crippen LogP contribution is -2.45. The number of aromatic nitrogens is 3. The SMILES string of the molecule is Cc1cc(N2CCC(C(=O)NCCN3CCCCC3C)CC2)n2nc(-c3ccc(F)cc3)cc2n1. The number of hydrogen-bond donors (Lipinski definition) is 1. The number of carbonyl (C=O) groups excluding carboxylic acids is 1. The lowest BCUT2D eigenvalue weighted by Gasteiger charge is -2.34. The van der Waals surface area contributed by atoms with Crippen molar-refractivity contribution in [3.63, 3.8) is 0 Å². The van der Waals surface area contributed by atoms with Crippen LogP contribution in [0.15, 0.2) is 36.4 Å². The molecular formula is C27H35FN6O. The number of amides is 1. The maximum absolute atomic E-state index is 13.3. The van der Waals surface area contributed by atoms with Crippen LogP contribution in [-0.4, -0.2) is 64.2 Å². The maximum Gasteiger partial charge on any atom is 0.223 e. The monoisotopic (exact) mass is 478 g/mol. The Morgan fingerprint density at radius 1 is 1.09 bits per heavy atom. The minimum Gasteiger partial charge on any atom is -0.356 e. The van der Waals surface area contributed by atoms with Crippen LogP contribution in [0.3, 0.4) is 0 Å². The molecule has 1 unspecified atom stereocenters. The van der Waals surface area contributed by atoms with Crippen LogP contribution in [-0.2, 0) is 4.79 Å². The predicted octanol–water partition coefficient (Wildman–Crippen LogP) is 4.05. The molecule has 7 nitrogen and oxygen atoms in total. The Balaban J connectivity index is 1.21. The highest BCUT2D eigenvalue weighted by Gasteiger charge is 2.27. The highest BCUT2D eigenvalue weighted by atomic mass is 19.1. The van der Waals surface area contributed by atoms with Gasteiger partial charge in [0.05, 0.1) is 5.69 Å². The van der Waals surface area contributed by atoms with E-state index in [4.69, 9.17) is 5.10 Å². The van der Waals surface area contributed by atoms with Crippen LogP contribution in [0, 0.1) is 18.7 Å². The largest absolute Gasteiger partial charge is 0.356 e. The first-order valence-electron chi connectivity index (χ1n) is 12.9. The number of benzene rings is 1. The van der Waals surface area contributed by atoms with Gasteiger partial charge in [-0.3, -0.25) is 9.69 Å². The van der Waals surface area contributed by atoms with Crippen LogP contribution < -0.4 is 10.2 Å². The number of rotatable bonds is 6. The van der Waals surface area contributed by atoms with Gasteiger partial charge in [-0.25, -0.2) is 9.37 Å². The Kier molecular flexibility index (Phi) is 7.00. The number of hydrogen-bond acceptors (Lipinski definition) is 5. The van der Waals surface area contributed by atoms with E-state index in [2.05, 4.69) is 33.1 Å². The number of halogens is 1. The molecule has 1 aromatic carbocycles. The molecule has 5 rings (SSSR count). The van der Waals surface area contributed by atoms with Gasteiger partial charge in [0.1, 0.15) is 11.6 Å². The van der Waals surface area contributed by atoms with Crippen LogP contribution in [0.4, 0.5) is 10.2 Å². The van der Waals surface area contributed by atoms with Gasteiger partial charge in [0.25, 0.3) is 0 Å². The van der Waals surface area contributed by atoms with Crippen molar-refractivity contribution < 1.29 is 9.18 Å². The van der Waals surface area contributed by atoms with Crippen molar-refractivity contribution in [3.8, 4) is 11.3 Å². The molecular weight excluding hydrogens is 443 g/mol. The van der Waals surface area contributed by atoms with Crippen molar-refractivity contribution in [2.24, 2.45) is 5.92 Å².